The Morgan fingerprint density at radius 3 is 2.47 bits per heavy atom. The summed E-state index contributed by atoms with van der Waals surface area (Å²) < 4.78 is 0. The molecule has 1 fully saturated rings. The molecule has 0 aliphatic heterocycles. The van der Waals surface area contributed by atoms with Gasteiger partial charge in [0.2, 0.25) is 0 Å². The standard InChI is InChI=1S/C15H24N2/c1-3-11-17(14-9-10-14)12-15(2,16)13-7-5-4-6-8-13/h4-8,14H,3,9-12,16H2,1-2H3. The van der Waals surface area contributed by atoms with Crippen molar-refractivity contribution in [1.29, 1.82) is 0 Å². The lowest BCUT2D eigenvalue weighted by Crippen LogP contribution is -2.46. The van der Waals surface area contributed by atoms with Gasteiger partial charge in [0.25, 0.3) is 0 Å². The molecule has 2 nitrogen and oxygen atoms in total. The Morgan fingerprint density at radius 2 is 1.94 bits per heavy atom. The predicted molar refractivity (Wildman–Crippen MR) is 72.9 cm³/mol. The summed E-state index contributed by atoms with van der Waals surface area (Å²) >= 11 is 0. The Kier molecular flexibility index (Phi) is 3.85. The molecule has 0 heterocycles. The van der Waals surface area contributed by atoms with Gasteiger partial charge in [0.15, 0.2) is 0 Å². The summed E-state index contributed by atoms with van der Waals surface area (Å²) in [7, 11) is 0. The maximum atomic E-state index is 6.49. The van der Waals surface area contributed by atoms with Gasteiger partial charge in [-0.05, 0) is 38.3 Å². The van der Waals surface area contributed by atoms with Crippen LogP contribution in [0.3, 0.4) is 0 Å². The predicted octanol–water partition coefficient (Wildman–Crippen LogP) is 2.73. The summed E-state index contributed by atoms with van der Waals surface area (Å²) in [6.07, 6.45) is 3.91. The van der Waals surface area contributed by atoms with Gasteiger partial charge in [-0.2, -0.15) is 0 Å². The van der Waals surface area contributed by atoms with Crippen molar-refractivity contribution in [3.63, 3.8) is 0 Å². The zero-order chi connectivity index (χ0) is 12.3. The monoisotopic (exact) mass is 232 g/mol. The van der Waals surface area contributed by atoms with Gasteiger partial charge in [0, 0.05) is 12.6 Å². The third-order valence-electron chi connectivity index (χ3n) is 3.54. The molecule has 2 heteroatoms. The maximum Gasteiger partial charge on any atom is 0.0510 e. The highest BCUT2D eigenvalue weighted by Gasteiger charge is 2.33. The van der Waals surface area contributed by atoms with E-state index in [2.05, 4.69) is 43.0 Å². The minimum Gasteiger partial charge on any atom is -0.321 e. The minimum atomic E-state index is -0.237. The van der Waals surface area contributed by atoms with Gasteiger partial charge in [-0.15, -0.1) is 0 Å². The number of rotatable bonds is 6. The molecule has 1 aromatic carbocycles. The van der Waals surface area contributed by atoms with Crippen molar-refractivity contribution in [2.24, 2.45) is 5.73 Å². The molecule has 17 heavy (non-hydrogen) atoms. The highest BCUT2D eigenvalue weighted by molar-refractivity contribution is 5.23. The molecule has 1 aromatic rings. The van der Waals surface area contributed by atoms with Crippen molar-refractivity contribution >= 4 is 0 Å². The Bertz CT molecular complexity index is 341. The molecule has 94 valence electrons. The molecule has 1 atom stereocenters. The summed E-state index contributed by atoms with van der Waals surface area (Å²) in [5, 5.41) is 0. The molecule has 0 spiro atoms. The van der Waals surface area contributed by atoms with E-state index in [0.717, 1.165) is 12.6 Å². The smallest absolute Gasteiger partial charge is 0.0510 e. The van der Waals surface area contributed by atoms with Gasteiger partial charge in [-0.25, -0.2) is 0 Å². The first-order valence-corrected chi connectivity index (χ1v) is 6.72. The van der Waals surface area contributed by atoms with Crippen molar-refractivity contribution < 1.29 is 0 Å². The molecular weight excluding hydrogens is 208 g/mol. The molecule has 1 saturated carbocycles. The first-order chi connectivity index (χ1) is 8.13. The quantitative estimate of drug-likeness (QED) is 0.817. The number of hydrogen-bond donors (Lipinski definition) is 1. The lowest BCUT2D eigenvalue weighted by atomic mass is 9.92. The van der Waals surface area contributed by atoms with Crippen molar-refractivity contribution in [3.8, 4) is 0 Å². The fraction of sp³-hybridized carbons (Fsp3) is 0.600. The first-order valence-electron chi connectivity index (χ1n) is 6.72. The minimum absolute atomic E-state index is 0.237. The van der Waals surface area contributed by atoms with Gasteiger partial charge >= 0.3 is 0 Å². The molecule has 1 unspecified atom stereocenters. The van der Waals surface area contributed by atoms with E-state index in [1.165, 1.54) is 31.4 Å². The molecule has 2 N–H and O–H groups in total. The third kappa shape index (κ3) is 3.30. The molecule has 0 amide bonds. The van der Waals surface area contributed by atoms with Crippen LogP contribution in [0.2, 0.25) is 0 Å². The number of benzene rings is 1. The molecule has 2 rings (SSSR count). The van der Waals surface area contributed by atoms with Crippen molar-refractivity contribution in [2.45, 2.75) is 44.7 Å². The van der Waals surface area contributed by atoms with E-state index < -0.39 is 0 Å². The molecule has 0 radical (unpaired) electrons. The summed E-state index contributed by atoms with van der Waals surface area (Å²) in [6, 6.07) is 11.3. The lowest BCUT2D eigenvalue weighted by Gasteiger charge is -2.33. The van der Waals surface area contributed by atoms with E-state index in [0.29, 0.717) is 0 Å². The second kappa shape index (κ2) is 5.19. The van der Waals surface area contributed by atoms with Gasteiger partial charge in [-0.3, -0.25) is 4.90 Å². The Balaban J connectivity index is 2.04. The SMILES string of the molecule is CCCN(CC(C)(N)c1ccccc1)C1CC1. The summed E-state index contributed by atoms with van der Waals surface area (Å²) in [5.74, 6) is 0. The van der Waals surface area contributed by atoms with Gasteiger partial charge in [0.05, 0.1) is 5.54 Å². The number of nitrogens with two attached hydrogens (primary N) is 1. The van der Waals surface area contributed by atoms with Crippen molar-refractivity contribution in [1.82, 2.24) is 4.90 Å². The molecular formula is C15H24N2. The van der Waals surface area contributed by atoms with Gasteiger partial charge < -0.3 is 5.73 Å². The van der Waals surface area contributed by atoms with E-state index in [-0.39, 0.29) is 5.54 Å². The highest BCUT2D eigenvalue weighted by atomic mass is 15.2. The third-order valence-corrected chi connectivity index (χ3v) is 3.54. The molecule has 0 aromatic heterocycles. The zero-order valence-corrected chi connectivity index (χ0v) is 11.0. The second-order valence-electron chi connectivity index (χ2n) is 5.49. The first kappa shape index (κ1) is 12.6. The largest absolute Gasteiger partial charge is 0.321 e. The van der Waals surface area contributed by atoms with Crippen LogP contribution in [0.5, 0.6) is 0 Å². The average molecular weight is 232 g/mol. The normalized spacial score (nSPS) is 19.3. The van der Waals surface area contributed by atoms with Crippen LogP contribution in [0.1, 0.15) is 38.7 Å². The Hall–Kier alpha value is -0.860. The van der Waals surface area contributed by atoms with E-state index >= 15 is 0 Å². The van der Waals surface area contributed by atoms with Crippen molar-refractivity contribution in [2.75, 3.05) is 13.1 Å². The summed E-state index contributed by atoms with van der Waals surface area (Å²) in [5.41, 5.74) is 7.49. The molecule has 1 aliphatic rings. The molecule has 0 saturated heterocycles. The summed E-state index contributed by atoms with van der Waals surface area (Å²) in [6.45, 7) is 6.53. The Labute approximate surface area is 105 Å². The molecule has 0 bridgehead atoms. The highest BCUT2D eigenvalue weighted by Crippen LogP contribution is 2.30. The average Bonchev–Trinajstić information content (AvgIpc) is 3.13. The van der Waals surface area contributed by atoms with Crippen LogP contribution in [0.4, 0.5) is 0 Å². The fourth-order valence-electron chi connectivity index (χ4n) is 2.45. The number of hydrogen-bond acceptors (Lipinski definition) is 2. The van der Waals surface area contributed by atoms with E-state index in [1.807, 2.05) is 6.07 Å². The van der Waals surface area contributed by atoms with E-state index in [9.17, 15) is 0 Å². The maximum absolute atomic E-state index is 6.49. The van der Waals surface area contributed by atoms with Gasteiger partial charge in [0.1, 0.15) is 0 Å². The van der Waals surface area contributed by atoms with Crippen LogP contribution in [0.25, 0.3) is 0 Å². The summed E-state index contributed by atoms with van der Waals surface area (Å²) in [4.78, 5) is 2.56. The molecule has 1 aliphatic carbocycles. The fourth-order valence-corrected chi connectivity index (χ4v) is 2.45. The van der Waals surface area contributed by atoms with Crippen LogP contribution in [-0.2, 0) is 5.54 Å². The van der Waals surface area contributed by atoms with E-state index in [1.54, 1.807) is 0 Å². The topological polar surface area (TPSA) is 29.3 Å². The van der Waals surface area contributed by atoms with E-state index in [4.69, 9.17) is 5.73 Å². The van der Waals surface area contributed by atoms with Crippen LogP contribution in [0, 0.1) is 0 Å². The number of nitrogens with zero attached hydrogens (tertiary/aromatic N) is 1. The lowest BCUT2D eigenvalue weighted by molar-refractivity contribution is 0.208. The van der Waals surface area contributed by atoms with Crippen LogP contribution in [0.15, 0.2) is 30.3 Å². The van der Waals surface area contributed by atoms with Crippen LogP contribution >= 0.6 is 0 Å². The van der Waals surface area contributed by atoms with Crippen LogP contribution < -0.4 is 5.73 Å². The van der Waals surface area contributed by atoms with Crippen LogP contribution in [-0.4, -0.2) is 24.0 Å². The zero-order valence-electron chi connectivity index (χ0n) is 11.0. The Morgan fingerprint density at radius 1 is 1.29 bits per heavy atom. The second-order valence-corrected chi connectivity index (χ2v) is 5.49. The van der Waals surface area contributed by atoms with Crippen molar-refractivity contribution in [3.05, 3.63) is 35.9 Å². The van der Waals surface area contributed by atoms with Gasteiger partial charge in [-0.1, -0.05) is 37.3 Å².